The van der Waals surface area contributed by atoms with Gasteiger partial charge in [-0.1, -0.05) is 18.2 Å². The fourth-order valence-corrected chi connectivity index (χ4v) is 2.49. The highest BCUT2D eigenvalue weighted by molar-refractivity contribution is 6.17. The Labute approximate surface area is 132 Å². The maximum atomic E-state index is 12.8. The number of rotatable bonds is 5. The Morgan fingerprint density at radius 3 is 2.43 bits per heavy atom. The van der Waals surface area contributed by atoms with Gasteiger partial charge >= 0.3 is 5.97 Å². The van der Waals surface area contributed by atoms with Crippen molar-refractivity contribution in [3.05, 3.63) is 65.4 Å². The Morgan fingerprint density at radius 2 is 1.78 bits per heavy atom. The van der Waals surface area contributed by atoms with Crippen LogP contribution in [0.3, 0.4) is 0 Å². The molecule has 5 heteroatoms. The minimum Gasteiger partial charge on any atom is -0.497 e. The molecular formula is C18H14O5. The van der Waals surface area contributed by atoms with Crippen LogP contribution in [0, 0.1) is 0 Å². The summed E-state index contributed by atoms with van der Waals surface area (Å²) in [5.74, 6) is -0.509. The summed E-state index contributed by atoms with van der Waals surface area (Å²) >= 11 is 0. The smallest absolute Gasteiger partial charge is 0.311 e. The molecule has 23 heavy (non-hydrogen) atoms. The lowest BCUT2D eigenvalue weighted by Crippen LogP contribution is -2.07. The van der Waals surface area contributed by atoms with Crippen LogP contribution in [0.1, 0.15) is 21.7 Å². The van der Waals surface area contributed by atoms with Crippen molar-refractivity contribution in [2.45, 2.75) is 6.42 Å². The summed E-state index contributed by atoms with van der Waals surface area (Å²) in [4.78, 5) is 23.9. The van der Waals surface area contributed by atoms with Crippen molar-refractivity contribution < 1.29 is 23.8 Å². The van der Waals surface area contributed by atoms with E-state index >= 15 is 0 Å². The van der Waals surface area contributed by atoms with Crippen molar-refractivity contribution in [2.24, 2.45) is 0 Å². The second-order valence-electron chi connectivity index (χ2n) is 5.02. The van der Waals surface area contributed by atoms with Crippen molar-refractivity contribution in [3.8, 4) is 5.75 Å². The van der Waals surface area contributed by atoms with Crippen molar-refractivity contribution in [1.82, 2.24) is 0 Å². The molecule has 0 aliphatic heterocycles. The second-order valence-corrected chi connectivity index (χ2v) is 5.02. The van der Waals surface area contributed by atoms with Crippen LogP contribution in [0.4, 0.5) is 0 Å². The summed E-state index contributed by atoms with van der Waals surface area (Å²) < 4.78 is 10.6. The minimum absolute atomic E-state index is 0.166. The van der Waals surface area contributed by atoms with E-state index in [1.54, 1.807) is 55.6 Å². The van der Waals surface area contributed by atoms with Crippen molar-refractivity contribution in [1.29, 1.82) is 0 Å². The predicted molar refractivity (Wildman–Crippen MR) is 84.0 cm³/mol. The fourth-order valence-electron chi connectivity index (χ4n) is 2.49. The van der Waals surface area contributed by atoms with Gasteiger partial charge in [0.25, 0.3) is 0 Å². The number of methoxy groups -OCH3 is 1. The maximum Gasteiger partial charge on any atom is 0.311 e. The number of carboxylic acids is 1. The average molecular weight is 310 g/mol. The molecular weight excluding hydrogens is 296 g/mol. The molecule has 0 aliphatic carbocycles. The highest BCUT2D eigenvalue weighted by Gasteiger charge is 2.23. The van der Waals surface area contributed by atoms with Gasteiger partial charge in [0, 0.05) is 10.9 Å². The summed E-state index contributed by atoms with van der Waals surface area (Å²) in [5, 5.41) is 9.66. The summed E-state index contributed by atoms with van der Waals surface area (Å²) in [7, 11) is 1.55. The number of ether oxygens (including phenoxy) is 1. The lowest BCUT2D eigenvalue weighted by atomic mass is 9.99. The van der Waals surface area contributed by atoms with Crippen molar-refractivity contribution in [3.63, 3.8) is 0 Å². The number of hydrogen-bond donors (Lipinski definition) is 1. The van der Waals surface area contributed by atoms with E-state index in [2.05, 4.69) is 0 Å². The first-order chi connectivity index (χ1) is 11.1. The molecule has 5 nitrogen and oxygen atoms in total. The molecule has 0 fully saturated rings. The minimum atomic E-state index is -1.05. The van der Waals surface area contributed by atoms with Gasteiger partial charge in [0.1, 0.15) is 23.5 Å². The fraction of sp³-hybridized carbons (Fsp3) is 0.111. The van der Waals surface area contributed by atoms with E-state index in [9.17, 15) is 9.59 Å². The van der Waals surface area contributed by atoms with Crippen molar-refractivity contribution >= 4 is 22.7 Å². The molecule has 0 bridgehead atoms. The number of benzene rings is 2. The van der Waals surface area contributed by atoms with E-state index in [1.165, 1.54) is 0 Å². The van der Waals surface area contributed by atoms with Crippen LogP contribution in [-0.2, 0) is 11.2 Å². The first-order valence-corrected chi connectivity index (χ1v) is 7.01. The van der Waals surface area contributed by atoms with Crippen LogP contribution in [0.5, 0.6) is 5.75 Å². The molecule has 1 heterocycles. The lowest BCUT2D eigenvalue weighted by molar-refractivity contribution is -0.136. The average Bonchev–Trinajstić information content (AvgIpc) is 2.91. The zero-order chi connectivity index (χ0) is 16.4. The summed E-state index contributed by atoms with van der Waals surface area (Å²) in [6, 6.07) is 13.7. The Hall–Kier alpha value is -3.08. The van der Waals surface area contributed by atoms with Gasteiger partial charge in [-0.05, 0) is 30.3 Å². The van der Waals surface area contributed by atoms with Crippen LogP contribution in [0.2, 0.25) is 0 Å². The predicted octanol–water partition coefficient (Wildman–Crippen LogP) is 3.30. The number of aliphatic carboxylic acids is 1. The molecule has 116 valence electrons. The van der Waals surface area contributed by atoms with Crippen LogP contribution in [0.25, 0.3) is 11.0 Å². The number of furan rings is 1. The van der Waals surface area contributed by atoms with E-state index in [0.717, 1.165) is 0 Å². The molecule has 2 aromatic carbocycles. The molecule has 3 aromatic rings. The van der Waals surface area contributed by atoms with Gasteiger partial charge in [0.15, 0.2) is 5.78 Å². The number of ketones is 1. The van der Waals surface area contributed by atoms with Crippen LogP contribution >= 0.6 is 0 Å². The van der Waals surface area contributed by atoms with E-state index < -0.39 is 5.97 Å². The first kappa shape index (κ1) is 14.8. The van der Waals surface area contributed by atoms with Gasteiger partial charge in [0.05, 0.1) is 12.7 Å². The Kier molecular flexibility index (Phi) is 3.85. The summed E-state index contributed by atoms with van der Waals surface area (Å²) in [6.07, 6.45) is -0.341. The quantitative estimate of drug-likeness (QED) is 0.732. The van der Waals surface area contributed by atoms with E-state index in [1.807, 2.05) is 0 Å². The number of para-hydroxylation sites is 1. The van der Waals surface area contributed by atoms with Gasteiger partial charge in [-0.2, -0.15) is 0 Å². The van der Waals surface area contributed by atoms with E-state index in [4.69, 9.17) is 14.3 Å². The van der Waals surface area contributed by atoms with Gasteiger partial charge < -0.3 is 14.3 Å². The SMILES string of the molecule is COc1ccc(C(=O)c2c(CC(=O)O)oc3ccccc23)cc1. The van der Waals surface area contributed by atoms with Crippen LogP contribution in [-0.4, -0.2) is 24.0 Å². The van der Waals surface area contributed by atoms with Gasteiger partial charge in [-0.15, -0.1) is 0 Å². The topological polar surface area (TPSA) is 76.7 Å². The molecule has 0 spiro atoms. The van der Waals surface area contributed by atoms with Crippen molar-refractivity contribution in [2.75, 3.05) is 7.11 Å². The number of carbonyl (C=O) groups excluding carboxylic acids is 1. The van der Waals surface area contributed by atoms with E-state index in [-0.39, 0.29) is 18.0 Å². The molecule has 0 saturated heterocycles. The molecule has 1 N–H and O–H groups in total. The molecule has 0 aliphatic rings. The third-order valence-electron chi connectivity index (χ3n) is 3.56. The standard InChI is InChI=1S/C18H14O5/c1-22-12-8-6-11(7-9-12)18(21)17-13-4-2-3-5-14(13)23-15(17)10-16(19)20/h2-9H,10H2,1H3,(H,19,20). The van der Waals surface area contributed by atoms with Gasteiger partial charge in [-0.25, -0.2) is 0 Å². The Morgan fingerprint density at radius 1 is 1.09 bits per heavy atom. The summed E-state index contributed by atoms with van der Waals surface area (Å²) in [5.41, 5.74) is 1.25. The normalized spacial score (nSPS) is 10.7. The molecule has 0 radical (unpaired) electrons. The summed E-state index contributed by atoms with van der Waals surface area (Å²) in [6.45, 7) is 0. The highest BCUT2D eigenvalue weighted by atomic mass is 16.5. The van der Waals surface area contributed by atoms with E-state index in [0.29, 0.717) is 27.8 Å². The zero-order valence-electron chi connectivity index (χ0n) is 12.4. The number of hydrogen-bond acceptors (Lipinski definition) is 4. The molecule has 0 unspecified atom stereocenters. The third-order valence-corrected chi connectivity index (χ3v) is 3.56. The number of carbonyl (C=O) groups is 2. The Balaban J connectivity index is 2.12. The molecule has 0 amide bonds. The molecule has 0 atom stereocenters. The molecule has 3 rings (SSSR count). The largest absolute Gasteiger partial charge is 0.497 e. The number of fused-ring (bicyclic) bond motifs is 1. The maximum absolute atomic E-state index is 12.8. The Bertz CT molecular complexity index is 874. The number of carboxylic acid groups (broad SMARTS) is 1. The van der Waals surface area contributed by atoms with Gasteiger partial charge in [0.2, 0.25) is 0 Å². The first-order valence-electron chi connectivity index (χ1n) is 7.01. The molecule has 1 aromatic heterocycles. The zero-order valence-corrected chi connectivity index (χ0v) is 12.4. The lowest BCUT2D eigenvalue weighted by Gasteiger charge is -2.03. The highest BCUT2D eigenvalue weighted by Crippen LogP contribution is 2.29. The van der Waals surface area contributed by atoms with Crippen LogP contribution in [0.15, 0.2) is 52.9 Å². The van der Waals surface area contributed by atoms with Crippen LogP contribution < -0.4 is 4.74 Å². The monoisotopic (exact) mass is 310 g/mol. The molecule has 0 saturated carbocycles. The second kappa shape index (κ2) is 5.96. The third kappa shape index (κ3) is 2.81. The van der Waals surface area contributed by atoms with Gasteiger partial charge in [-0.3, -0.25) is 9.59 Å².